The van der Waals surface area contributed by atoms with Gasteiger partial charge >= 0.3 is 0 Å². The highest BCUT2D eigenvalue weighted by molar-refractivity contribution is 8.13. The molecule has 0 saturated heterocycles. The average Bonchev–Trinajstić information content (AvgIpc) is 2.61. The summed E-state index contributed by atoms with van der Waals surface area (Å²) in [5.74, 6) is -5.97. The van der Waals surface area contributed by atoms with Crippen LogP contribution in [0.3, 0.4) is 0 Å². The Balaban J connectivity index is 1.93. The van der Waals surface area contributed by atoms with Crippen LogP contribution < -0.4 is 11.1 Å². The Bertz CT molecular complexity index is 950. The van der Waals surface area contributed by atoms with Crippen molar-refractivity contribution in [2.45, 2.75) is 18.9 Å². The van der Waals surface area contributed by atoms with Crippen molar-refractivity contribution in [1.82, 2.24) is 0 Å². The second-order valence-electron chi connectivity index (χ2n) is 6.19. The first-order valence-electron chi connectivity index (χ1n) is 7.94. The Hall–Kier alpha value is -2.55. The molecule has 0 bridgehead atoms. The van der Waals surface area contributed by atoms with Crippen molar-refractivity contribution in [3.63, 3.8) is 0 Å². The Morgan fingerprint density at radius 2 is 1.85 bits per heavy atom. The molecule has 1 aliphatic heterocycles. The highest BCUT2D eigenvalue weighted by atomic mass is 32.2. The van der Waals surface area contributed by atoms with Gasteiger partial charge in [-0.1, -0.05) is 17.8 Å². The maximum Gasteiger partial charge on any atom is 0.258 e. The van der Waals surface area contributed by atoms with Gasteiger partial charge in [-0.3, -0.25) is 9.79 Å². The summed E-state index contributed by atoms with van der Waals surface area (Å²) in [4.78, 5) is 16.6. The molecular formula is C18H15F4N3OS. The Morgan fingerprint density at radius 1 is 1.15 bits per heavy atom. The molecule has 1 atom stereocenters. The topological polar surface area (TPSA) is 67.5 Å². The number of nitrogens with zero attached hydrogens (tertiary/aromatic N) is 1. The smallest absolute Gasteiger partial charge is 0.258 e. The summed E-state index contributed by atoms with van der Waals surface area (Å²) in [7, 11) is 0. The van der Waals surface area contributed by atoms with Crippen LogP contribution in [0.4, 0.5) is 23.2 Å². The summed E-state index contributed by atoms with van der Waals surface area (Å²) in [5, 5.41) is 2.60. The number of thioether (sulfide) groups is 1. The largest absolute Gasteiger partial charge is 0.379 e. The number of anilines is 1. The molecule has 0 aromatic heterocycles. The molecule has 2 aromatic carbocycles. The molecule has 1 heterocycles. The molecule has 1 unspecified atom stereocenters. The first-order chi connectivity index (χ1) is 12.7. The van der Waals surface area contributed by atoms with E-state index < -0.39 is 40.3 Å². The van der Waals surface area contributed by atoms with Gasteiger partial charge in [0.2, 0.25) is 0 Å². The number of carbonyl (C=O) groups excluding carboxylic acids is 1. The van der Waals surface area contributed by atoms with Crippen LogP contribution in [0.1, 0.15) is 29.3 Å². The number of amidine groups is 1. The molecule has 9 heteroatoms. The van der Waals surface area contributed by atoms with E-state index in [1.807, 2.05) is 6.92 Å². The Kier molecular flexibility index (Phi) is 5.14. The third-order valence-electron chi connectivity index (χ3n) is 4.31. The zero-order chi connectivity index (χ0) is 19.8. The summed E-state index contributed by atoms with van der Waals surface area (Å²) < 4.78 is 54.3. The number of aliphatic imine (C=N–C) groups is 1. The Labute approximate surface area is 156 Å². The highest BCUT2D eigenvalue weighted by Gasteiger charge is 2.30. The number of hydrogen-bond donors (Lipinski definition) is 2. The van der Waals surface area contributed by atoms with Gasteiger partial charge in [0.25, 0.3) is 5.91 Å². The minimum absolute atomic E-state index is 0.227. The standard InChI is InChI=1S/C18H15F4N3OS/c1-18(6-7-27-17(23)25-18)9-2-4-11(19)13(8-9)24-16(26)10-3-5-12(20)15(22)14(10)21/h2-5,8H,6-7H2,1H3,(H2,23,25)(H,24,26). The van der Waals surface area contributed by atoms with E-state index in [2.05, 4.69) is 10.3 Å². The minimum atomic E-state index is -1.77. The first-order valence-corrected chi connectivity index (χ1v) is 8.93. The lowest BCUT2D eigenvalue weighted by Gasteiger charge is -2.30. The monoisotopic (exact) mass is 397 g/mol. The van der Waals surface area contributed by atoms with Crippen LogP contribution in [0.5, 0.6) is 0 Å². The van der Waals surface area contributed by atoms with Crippen LogP contribution in [-0.2, 0) is 5.54 Å². The Morgan fingerprint density at radius 3 is 2.56 bits per heavy atom. The van der Waals surface area contributed by atoms with Crippen LogP contribution in [0.2, 0.25) is 0 Å². The third kappa shape index (κ3) is 3.78. The van der Waals surface area contributed by atoms with Crippen LogP contribution in [0.25, 0.3) is 0 Å². The lowest BCUT2D eigenvalue weighted by molar-refractivity contribution is 0.102. The van der Waals surface area contributed by atoms with E-state index in [0.29, 0.717) is 23.2 Å². The van der Waals surface area contributed by atoms with Gasteiger partial charge in [-0.05, 0) is 43.2 Å². The number of nitrogens with two attached hydrogens (primary N) is 1. The molecule has 0 spiro atoms. The number of benzene rings is 2. The molecule has 3 N–H and O–H groups in total. The van der Waals surface area contributed by atoms with Gasteiger partial charge in [0.1, 0.15) is 5.82 Å². The van der Waals surface area contributed by atoms with E-state index in [9.17, 15) is 22.4 Å². The molecule has 4 nitrogen and oxygen atoms in total. The number of rotatable bonds is 3. The van der Waals surface area contributed by atoms with E-state index in [-0.39, 0.29) is 5.69 Å². The molecular weight excluding hydrogens is 382 g/mol. The predicted molar refractivity (Wildman–Crippen MR) is 96.7 cm³/mol. The highest BCUT2D eigenvalue weighted by Crippen LogP contribution is 2.36. The number of amides is 1. The van der Waals surface area contributed by atoms with Gasteiger partial charge < -0.3 is 11.1 Å². The molecule has 0 saturated carbocycles. The van der Waals surface area contributed by atoms with Crippen LogP contribution in [0, 0.1) is 23.3 Å². The molecule has 142 valence electrons. The minimum Gasteiger partial charge on any atom is -0.379 e. The third-order valence-corrected chi connectivity index (χ3v) is 5.11. The number of carbonyl (C=O) groups is 1. The molecule has 27 heavy (non-hydrogen) atoms. The number of halogens is 4. The van der Waals surface area contributed by atoms with Gasteiger partial charge in [-0.2, -0.15) is 0 Å². The van der Waals surface area contributed by atoms with E-state index in [0.717, 1.165) is 17.9 Å². The summed E-state index contributed by atoms with van der Waals surface area (Å²) in [6.45, 7) is 1.83. The van der Waals surface area contributed by atoms with E-state index in [4.69, 9.17) is 5.73 Å². The average molecular weight is 397 g/mol. The van der Waals surface area contributed by atoms with Crippen molar-refractivity contribution < 1.29 is 22.4 Å². The van der Waals surface area contributed by atoms with Gasteiger partial charge in [0.15, 0.2) is 22.6 Å². The van der Waals surface area contributed by atoms with E-state index >= 15 is 0 Å². The molecule has 3 rings (SSSR count). The summed E-state index contributed by atoms with van der Waals surface area (Å²) in [6, 6.07) is 5.45. The maximum atomic E-state index is 14.2. The molecule has 0 radical (unpaired) electrons. The van der Waals surface area contributed by atoms with Crippen molar-refractivity contribution in [1.29, 1.82) is 0 Å². The lowest BCUT2D eigenvalue weighted by atomic mass is 9.89. The predicted octanol–water partition coefficient (Wildman–Crippen LogP) is 4.16. The van der Waals surface area contributed by atoms with Crippen molar-refractivity contribution in [2.75, 3.05) is 11.1 Å². The number of nitrogens with one attached hydrogen (secondary N) is 1. The molecule has 0 aliphatic carbocycles. The van der Waals surface area contributed by atoms with Crippen LogP contribution in [0.15, 0.2) is 35.3 Å². The van der Waals surface area contributed by atoms with E-state index in [1.54, 1.807) is 0 Å². The fourth-order valence-electron chi connectivity index (χ4n) is 2.74. The van der Waals surface area contributed by atoms with Gasteiger partial charge in [-0.25, -0.2) is 17.6 Å². The zero-order valence-electron chi connectivity index (χ0n) is 14.2. The summed E-state index contributed by atoms with van der Waals surface area (Å²) in [6.07, 6.45) is 0.648. The SMILES string of the molecule is CC1(c2ccc(F)c(NC(=O)c3ccc(F)c(F)c3F)c2)CCSC(N)=N1. The second-order valence-corrected chi connectivity index (χ2v) is 7.31. The lowest BCUT2D eigenvalue weighted by Crippen LogP contribution is -2.29. The van der Waals surface area contributed by atoms with Crippen molar-refractivity contribution >= 4 is 28.5 Å². The van der Waals surface area contributed by atoms with Crippen LogP contribution >= 0.6 is 11.8 Å². The van der Waals surface area contributed by atoms with Crippen molar-refractivity contribution in [3.8, 4) is 0 Å². The summed E-state index contributed by atoms with van der Waals surface area (Å²) >= 11 is 1.41. The second kappa shape index (κ2) is 7.22. The fourth-order valence-corrected chi connectivity index (χ4v) is 3.72. The summed E-state index contributed by atoms with van der Waals surface area (Å²) in [5.41, 5.74) is 4.72. The fraction of sp³-hybridized carbons (Fsp3) is 0.222. The zero-order valence-corrected chi connectivity index (χ0v) is 15.0. The van der Waals surface area contributed by atoms with Crippen molar-refractivity contribution in [3.05, 3.63) is 64.7 Å². The molecule has 1 amide bonds. The first kappa shape index (κ1) is 19.2. The molecule has 0 fully saturated rings. The molecule has 2 aromatic rings. The van der Waals surface area contributed by atoms with Gasteiger partial charge in [0, 0.05) is 5.75 Å². The van der Waals surface area contributed by atoms with Crippen molar-refractivity contribution in [2.24, 2.45) is 10.7 Å². The normalized spacial score (nSPS) is 19.5. The number of hydrogen-bond acceptors (Lipinski definition) is 4. The quantitative estimate of drug-likeness (QED) is 0.604. The molecule has 1 aliphatic rings. The maximum absolute atomic E-state index is 14.2. The van der Waals surface area contributed by atoms with Gasteiger partial charge in [0.05, 0.1) is 16.8 Å². The van der Waals surface area contributed by atoms with E-state index in [1.165, 1.54) is 23.9 Å². The van der Waals surface area contributed by atoms with Gasteiger partial charge in [-0.15, -0.1) is 0 Å². The van der Waals surface area contributed by atoms with Crippen LogP contribution in [-0.4, -0.2) is 16.8 Å².